The summed E-state index contributed by atoms with van der Waals surface area (Å²) in [5, 5.41) is 100. The maximum absolute atomic E-state index is 14.8. The van der Waals surface area contributed by atoms with Gasteiger partial charge < -0.3 is 57.6 Å². The number of nitrogens with one attached hydrogen (secondary N) is 1. The average Bonchev–Trinajstić information content (AvgIpc) is 0.815. The number of ketones is 4. The van der Waals surface area contributed by atoms with Gasteiger partial charge in [-0.3, -0.25) is 48.5 Å². The SMILES string of the molecule is CN(C)[C@@H]1C(=O)C(C(N)=O)=C(O)[C@@]2(O)C(=O)C3=C(O)c4c(O)ccc(-c5ccc(NC=NC(C)(C)CCC(C)(C)c6cc(-c7cc8ccccc8cn7)c7c(c6O)C(O)=C6C(=O)[C@]8(O)C(O)=C(C(N)=O)C(=O)[C@@H](N(C)C)[C@@H]8C[C@@H]6C7)cc5)c4C[C@H]3C[C@@H]12. The van der Waals surface area contributed by atoms with Crippen LogP contribution in [-0.4, -0.2) is 154 Å². The molecule has 4 aromatic carbocycles. The molecule has 1 aromatic heterocycles. The monoisotopic (exact) mass is 1180 g/mol. The minimum Gasteiger partial charge on any atom is -0.508 e. The number of benzene rings is 4. The molecule has 6 aliphatic rings. The van der Waals surface area contributed by atoms with E-state index in [1.807, 2.05) is 88.4 Å². The summed E-state index contributed by atoms with van der Waals surface area (Å²) in [6, 6.07) is 19.3. The molecule has 5 aromatic rings. The summed E-state index contributed by atoms with van der Waals surface area (Å²) in [7, 11) is 6.18. The Hall–Kier alpha value is -9.02. The molecule has 2 fully saturated rings. The maximum atomic E-state index is 14.8. The number of rotatable bonds is 13. The van der Waals surface area contributed by atoms with Crippen LogP contribution in [0, 0.1) is 23.7 Å². The van der Waals surface area contributed by atoms with Gasteiger partial charge in [-0.2, -0.15) is 0 Å². The molecule has 0 unspecified atom stereocenters. The summed E-state index contributed by atoms with van der Waals surface area (Å²) in [4.78, 5) is 94.3. The Labute approximate surface area is 500 Å². The van der Waals surface area contributed by atoms with Crippen LogP contribution in [0.5, 0.6) is 11.5 Å². The highest BCUT2D eigenvalue weighted by Crippen LogP contribution is 2.57. The molecular weight excluding hydrogens is 1110 g/mol. The maximum Gasteiger partial charge on any atom is 0.255 e. The summed E-state index contributed by atoms with van der Waals surface area (Å²) in [6.07, 6.45) is 4.25. The number of anilines is 1. The number of hydrogen-bond donors (Lipinski definition) is 11. The van der Waals surface area contributed by atoms with Gasteiger partial charge in [0.1, 0.15) is 45.7 Å². The van der Waals surface area contributed by atoms with Crippen molar-refractivity contribution in [2.24, 2.45) is 40.1 Å². The predicted molar refractivity (Wildman–Crippen MR) is 323 cm³/mol. The van der Waals surface area contributed by atoms with Gasteiger partial charge in [-0.1, -0.05) is 56.3 Å². The number of aromatic nitrogens is 1. The van der Waals surface area contributed by atoms with Crippen molar-refractivity contribution in [1.82, 2.24) is 14.8 Å². The van der Waals surface area contributed by atoms with E-state index in [4.69, 9.17) is 21.4 Å². The number of aliphatic hydroxyl groups excluding tert-OH is 4. The zero-order valence-electron chi connectivity index (χ0n) is 49.3. The lowest BCUT2D eigenvalue weighted by Gasteiger charge is -2.50. The summed E-state index contributed by atoms with van der Waals surface area (Å²) in [6.45, 7) is 7.78. The van der Waals surface area contributed by atoms with Crippen LogP contribution in [0.4, 0.5) is 5.69 Å². The first-order chi connectivity index (χ1) is 40.9. The quantitative estimate of drug-likeness (QED) is 0.0360. The van der Waals surface area contributed by atoms with E-state index in [2.05, 4.69) is 5.32 Å². The number of amides is 2. The van der Waals surface area contributed by atoms with Gasteiger partial charge in [0, 0.05) is 51.4 Å². The normalized spacial score (nSPS) is 25.7. The van der Waals surface area contributed by atoms with Gasteiger partial charge in [0.15, 0.2) is 22.8 Å². The van der Waals surface area contributed by atoms with E-state index >= 15 is 0 Å². The zero-order valence-corrected chi connectivity index (χ0v) is 49.3. The topological polar surface area (TPSA) is 360 Å². The number of likely N-dealkylation sites (N-methyl/N-ethyl adjacent to an activating group) is 2. The summed E-state index contributed by atoms with van der Waals surface area (Å²) < 4.78 is 0. The molecule has 8 atom stereocenters. The molecule has 13 N–H and O–H groups in total. The number of carbonyl (C=O) groups is 6. The predicted octanol–water partition coefficient (Wildman–Crippen LogP) is 6.10. The minimum absolute atomic E-state index is 0.0313. The van der Waals surface area contributed by atoms with Gasteiger partial charge in [0.2, 0.25) is 11.6 Å². The molecule has 2 amide bonds. The number of nitrogens with two attached hydrogens (primary N) is 2. The standard InChI is InChI=1S/C66H69N7O14/c1-63(2,41-26-36(42-25-30-11-9-10-12-31(30)27-69-42)38-22-33-24-40-51(73(7)8)56(79)49(62(68)85)60(83)66(40,87)58(81)45(33)54(77)47(38)52(41)75)19-20-64(3,4)71-28-70-34-15-13-29(14-16-34)35-17-18-43(74)46-37(35)21-32-23-39-50(72(5)6)55(78)48(61(67)84)59(82)65(39,86)57(80)44(32)53(46)76/h9-18,25-28,32-33,39-40,50-51,74-77,82-83,86-87H,19-24H2,1-8H3,(H2,67,84)(H2,68,85)(H,70,71)/t32-,33-,39-,40-,50-,51-,65-,66-/m0/s1. The van der Waals surface area contributed by atoms with Gasteiger partial charge in [0.25, 0.3) is 11.8 Å². The van der Waals surface area contributed by atoms with Crippen LogP contribution >= 0.6 is 0 Å². The number of carbonyl (C=O) groups excluding carboxylic acids is 6. The second kappa shape index (κ2) is 20.9. The van der Waals surface area contributed by atoms with Crippen molar-refractivity contribution in [3.05, 3.63) is 141 Å². The number of primary amides is 2. The lowest BCUT2D eigenvalue weighted by atomic mass is 9.57. The van der Waals surface area contributed by atoms with E-state index in [0.29, 0.717) is 57.6 Å². The molecule has 87 heavy (non-hydrogen) atoms. The number of pyridine rings is 1. The number of aliphatic hydroxyl groups is 6. The Balaban J connectivity index is 0.860. The van der Waals surface area contributed by atoms with Crippen LogP contribution in [0.3, 0.4) is 0 Å². The number of Topliss-reactive ketones (excluding diaryl/α,β-unsaturated/α-hetero) is 4. The largest absolute Gasteiger partial charge is 0.508 e. The van der Waals surface area contributed by atoms with Crippen molar-refractivity contribution in [1.29, 1.82) is 0 Å². The molecule has 1 heterocycles. The summed E-state index contributed by atoms with van der Waals surface area (Å²) in [5.74, 6) is -14.7. The molecule has 2 saturated carbocycles. The van der Waals surface area contributed by atoms with E-state index in [-0.39, 0.29) is 59.5 Å². The average molecular weight is 1180 g/mol. The number of hydrogen-bond acceptors (Lipinski definition) is 18. The fourth-order valence-corrected chi connectivity index (χ4v) is 14.6. The van der Waals surface area contributed by atoms with Gasteiger partial charge in [-0.15, -0.1) is 0 Å². The van der Waals surface area contributed by atoms with Crippen LogP contribution in [-0.2, 0) is 47.0 Å². The number of aliphatic imine (C=N–C) groups is 1. The second-order valence-corrected chi connectivity index (χ2v) is 25.7. The highest BCUT2D eigenvalue weighted by molar-refractivity contribution is 6.26. The molecule has 21 heteroatoms. The number of phenolic OH excluding ortho intramolecular Hbond substituents is 2. The third-order valence-corrected chi connectivity index (χ3v) is 19.2. The van der Waals surface area contributed by atoms with Crippen LogP contribution in [0.2, 0.25) is 0 Å². The fourth-order valence-electron chi connectivity index (χ4n) is 14.6. The molecule has 452 valence electrons. The number of fused-ring (bicyclic) bond motifs is 7. The fraction of sp³-hybridized carbons (Fsp3) is 0.364. The summed E-state index contributed by atoms with van der Waals surface area (Å²) >= 11 is 0. The van der Waals surface area contributed by atoms with Crippen LogP contribution in [0.1, 0.15) is 81.2 Å². The van der Waals surface area contributed by atoms with Crippen molar-refractivity contribution >= 4 is 69.3 Å². The third-order valence-electron chi connectivity index (χ3n) is 19.2. The Bertz CT molecular complexity index is 4060. The first-order valence-corrected chi connectivity index (χ1v) is 28.7. The third kappa shape index (κ3) is 9.11. The highest BCUT2D eigenvalue weighted by Gasteiger charge is 2.66. The van der Waals surface area contributed by atoms with E-state index < -0.39 is 127 Å². The molecule has 0 aliphatic heterocycles. The van der Waals surface area contributed by atoms with E-state index in [0.717, 1.165) is 10.8 Å². The van der Waals surface area contributed by atoms with Gasteiger partial charge in [-0.05, 0) is 156 Å². The molecule has 21 nitrogen and oxygen atoms in total. The van der Waals surface area contributed by atoms with E-state index in [1.54, 1.807) is 32.7 Å². The molecule has 11 rings (SSSR count). The molecule has 0 spiro atoms. The van der Waals surface area contributed by atoms with Crippen LogP contribution < -0.4 is 16.8 Å². The van der Waals surface area contributed by atoms with E-state index in [1.165, 1.54) is 30.0 Å². The molecule has 0 saturated heterocycles. The zero-order chi connectivity index (χ0) is 63.0. The Morgan fingerprint density at radius 3 is 1.70 bits per heavy atom. The van der Waals surface area contributed by atoms with Crippen molar-refractivity contribution < 1.29 is 69.6 Å². The molecular formula is C66H69N7O14. The van der Waals surface area contributed by atoms with Gasteiger partial charge >= 0.3 is 0 Å². The first-order valence-electron chi connectivity index (χ1n) is 28.7. The van der Waals surface area contributed by atoms with Crippen molar-refractivity contribution in [3.63, 3.8) is 0 Å². The Kier molecular flexibility index (Phi) is 14.3. The highest BCUT2D eigenvalue weighted by atomic mass is 16.4. The van der Waals surface area contributed by atoms with Gasteiger partial charge in [0.05, 0.1) is 40.8 Å². The smallest absolute Gasteiger partial charge is 0.255 e. The Morgan fingerprint density at radius 2 is 1.18 bits per heavy atom. The number of phenols is 2. The van der Waals surface area contributed by atoms with Gasteiger partial charge in [-0.25, -0.2) is 0 Å². The molecule has 0 radical (unpaired) electrons. The lowest BCUT2D eigenvalue weighted by molar-refractivity contribution is -0.155. The molecule has 0 bridgehead atoms. The van der Waals surface area contributed by atoms with E-state index in [9.17, 15) is 69.6 Å². The van der Waals surface area contributed by atoms with Crippen molar-refractivity contribution in [2.75, 3.05) is 33.5 Å². The van der Waals surface area contributed by atoms with Crippen LogP contribution in [0.15, 0.2) is 118 Å². The van der Waals surface area contributed by atoms with Crippen molar-refractivity contribution in [3.8, 4) is 33.9 Å². The molecule has 6 aliphatic carbocycles. The van der Waals surface area contributed by atoms with Crippen LogP contribution in [0.25, 0.3) is 44.7 Å². The van der Waals surface area contributed by atoms with Crippen molar-refractivity contribution in [2.45, 2.75) is 100 Å². The minimum atomic E-state index is -2.81. The first kappa shape index (κ1) is 59.7. The Morgan fingerprint density at radius 1 is 0.678 bits per heavy atom. The number of aromatic hydroxyl groups is 2. The lowest BCUT2D eigenvalue weighted by Crippen LogP contribution is -2.65. The number of nitrogens with zero attached hydrogens (tertiary/aromatic N) is 4. The second-order valence-electron chi connectivity index (χ2n) is 25.7. The summed E-state index contributed by atoms with van der Waals surface area (Å²) in [5.41, 5.74) is 6.05.